The van der Waals surface area contributed by atoms with E-state index < -0.39 is 18.1 Å². The third kappa shape index (κ3) is 5.52. The fraction of sp³-hybridized carbons (Fsp3) is 0.217. The zero-order chi connectivity index (χ0) is 27.4. The largest absolute Gasteiger partial charge is 0.497 e. The zero-order valence-corrected chi connectivity index (χ0v) is 20.3. The maximum Gasteiger partial charge on any atom is 0.409 e. The Labute approximate surface area is 214 Å². The second-order valence-electron chi connectivity index (χ2n) is 7.77. The third-order valence-electron chi connectivity index (χ3n) is 5.39. The van der Waals surface area contributed by atoms with Crippen molar-refractivity contribution in [3.05, 3.63) is 54.5 Å². The molecule has 1 aliphatic heterocycles. The number of nitrogens with two attached hydrogens (primary N) is 1. The number of methoxy groups -OCH3 is 3. The van der Waals surface area contributed by atoms with Crippen LogP contribution in [0.2, 0.25) is 0 Å². The molecule has 2 aromatic heterocycles. The molecule has 15 heteroatoms. The number of rotatable bonds is 8. The predicted octanol–water partition coefficient (Wildman–Crippen LogP) is 2.68. The van der Waals surface area contributed by atoms with Gasteiger partial charge >= 0.3 is 6.18 Å². The van der Waals surface area contributed by atoms with E-state index in [1.807, 2.05) is 5.43 Å². The van der Waals surface area contributed by atoms with E-state index in [9.17, 15) is 18.0 Å². The van der Waals surface area contributed by atoms with Crippen LogP contribution >= 0.6 is 0 Å². The third-order valence-corrected chi connectivity index (χ3v) is 5.39. The van der Waals surface area contributed by atoms with E-state index in [4.69, 9.17) is 20.1 Å². The first-order valence-electron chi connectivity index (χ1n) is 10.9. The van der Waals surface area contributed by atoms with E-state index >= 15 is 0 Å². The van der Waals surface area contributed by atoms with E-state index in [0.29, 0.717) is 22.7 Å². The molecule has 1 aliphatic rings. The van der Waals surface area contributed by atoms with Gasteiger partial charge in [0.15, 0.2) is 5.82 Å². The SMILES string of the molecule is COc1cc(Nc2ncc(-c3cnc(OC)c(C(=O)NN)c3)c(N3C=CC(C(F)(F)F)N3)n2)cc(OC)c1. The molecular weight excluding hydrogens is 509 g/mol. The number of alkyl halides is 3. The lowest BCUT2D eigenvalue weighted by atomic mass is 10.1. The Morgan fingerprint density at radius 3 is 2.34 bits per heavy atom. The van der Waals surface area contributed by atoms with Crippen LogP contribution in [0.5, 0.6) is 17.4 Å². The van der Waals surface area contributed by atoms with Gasteiger partial charge in [0.1, 0.15) is 23.1 Å². The topological polar surface area (TPSA) is 149 Å². The summed E-state index contributed by atoms with van der Waals surface area (Å²) in [7, 11) is 4.31. The van der Waals surface area contributed by atoms with Crippen molar-refractivity contribution in [3.8, 4) is 28.5 Å². The Kier molecular flexibility index (Phi) is 7.50. The molecule has 12 nitrogen and oxygen atoms in total. The summed E-state index contributed by atoms with van der Waals surface area (Å²) >= 11 is 0. The Hall–Kier alpha value is -4.63. The maximum absolute atomic E-state index is 13.4. The Morgan fingerprint density at radius 1 is 1.05 bits per heavy atom. The zero-order valence-electron chi connectivity index (χ0n) is 20.3. The molecule has 0 bridgehead atoms. The predicted molar refractivity (Wildman–Crippen MR) is 131 cm³/mol. The van der Waals surface area contributed by atoms with Crippen LogP contribution in [-0.2, 0) is 0 Å². The van der Waals surface area contributed by atoms with Gasteiger partial charge < -0.3 is 19.5 Å². The minimum Gasteiger partial charge on any atom is -0.497 e. The van der Waals surface area contributed by atoms with Crippen molar-refractivity contribution >= 4 is 23.4 Å². The van der Waals surface area contributed by atoms with Crippen molar-refractivity contribution < 1.29 is 32.2 Å². The number of hydrogen-bond acceptors (Lipinski definition) is 11. The fourth-order valence-corrected chi connectivity index (χ4v) is 3.55. The molecule has 38 heavy (non-hydrogen) atoms. The van der Waals surface area contributed by atoms with Crippen molar-refractivity contribution in [2.24, 2.45) is 5.84 Å². The van der Waals surface area contributed by atoms with Gasteiger partial charge in [-0.15, -0.1) is 0 Å². The number of benzene rings is 1. The van der Waals surface area contributed by atoms with Crippen molar-refractivity contribution in [3.63, 3.8) is 0 Å². The minimum absolute atomic E-state index is 0.000700. The average Bonchev–Trinajstić information content (AvgIpc) is 3.43. The molecule has 0 saturated carbocycles. The maximum atomic E-state index is 13.4. The molecule has 5 N–H and O–H groups in total. The second kappa shape index (κ2) is 10.8. The van der Waals surface area contributed by atoms with Gasteiger partial charge in [0.25, 0.3) is 5.91 Å². The molecule has 1 aromatic carbocycles. The summed E-state index contributed by atoms with van der Waals surface area (Å²) in [5, 5.41) is 4.11. The summed E-state index contributed by atoms with van der Waals surface area (Å²) in [5.74, 6) is 5.69. The molecule has 3 aromatic rings. The summed E-state index contributed by atoms with van der Waals surface area (Å²) in [5.41, 5.74) is 5.44. The van der Waals surface area contributed by atoms with E-state index in [2.05, 4.69) is 25.7 Å². The number of nitrogens with zero attached hydrogens (tertiary/aromatic N) is 4. The number of ether oxygens (including phenoxy) is 3. The van der Waals surface area contributed by atoms with Gasteiger partial charge in [-0.2, -0.15) is 18.2 Å². The molecule has 1 unspecified atom stereocenters. The van der Waals surface area contributed by atoms with E-state index in [0.717, 1.165) is 11.1 Å². The van der Waals surface area contributed by atoms with E-state index in [1.54, 1.807) is 18.2 Å². The van der Waals surface area contributed by atoms with Gasteiger partial charge in [-0.25, -0.2) is 21.2 Å². The van der Waals surface area contributed by atoms with E-state index in [-0.39, 0.29) is 28.8 Å². The first-order chi connectivity index (χ1) is 18.2. The van der Waals surface area contributed by atoms with Crippen LogP contribution in [0.3, 0.4) is 0 Å². The number of halogens is 3. The van der Waals surface area contributed by atoms with Gasteiger partial charge in [-0.1, -0.05) is 0 Å². The minimum atomic E-state index is -4.54. The summed E-state index contributed by atoms with van der Waals surface area (Å²) in [6.07, 6.45) is 0.366. The van der Waals surface area contributed by atoms with Gasteiger partial charge in [-0.05, 0) is 12.1 Å². The molecule has 0 radical (unpaired) electrons. The van der Waals surface area contributed by atoms with E-state index in [1.165, 1.54) is 46.0 Å². The first kappa shape index (κ1) is 26.4. The van der Waals surface area contributed by atoms with Crippen LogP contribution < -0.4 is 41.2 Å². The highest BCUT2D eigenvalue weighted by Gasteiger charge is 2.41. The number of anilines is 3. The van der Waals surface area contributed by atoms with Crippen LogP contribution in [0.25, 0.3) is 11.1 Å². The number of amides is 1. The summed E-state index contributed by atoms with van der Waals surface area (Å²) in [6.45, 7) is 0. The monoisotopic (exact) mass is 532 g/mol. The van der Waals surface area contributed by atoms with Crippen molar-refractivity contribution in [2.45, 2.75) is 12.2 Å². The Balaban J connectivity index is 1.79. The highest BCUT2D eigenvalue weighted by atomic mass is 19.4. The molecule has 4 rings (SSSR count). The molecule has 1 amide bonds. The number of nitrogens with one attached hydrogen (secondary N) is 3. The van der Waals surface area contributed by atoms with Gasteiger partial charge in [0.05, 0.1) is 21.3 Å². The molecule has 0 aliphatic carbocycles. The van der Waals surface area contributed by atoms with Crippen LogP contribution in [0.15, 0.2) is 48.9 Å². The lowest BCUT2D eigenvalue weighted by Gasteiger charge is -2.23. The molecule has 200 valence electrons. The Morgan fingerprint density at radius 2 is 1.76 bits per heavy atom. The van der Waals surface area contributed by atoms with Crippen molar-refractivity contribution in [2.75, 3.05) is 31.7 Å². The van der Waals surface area contributed by atoms with Gasteiger partial charge in [0.2, 0.25) is 11.8 Å². The van der Waals surface area contributed by atoms with Crippen LogP contribution in [-0.4, -0.2) is 54.4 Å². The summed E-state index contributed by atoms with van der Waals surface area (Å²) in [4.78, 5) is 25.1. The molecular formula is C23H23F3N8O4. The Bertz CT molecular complexity index is 1350. The summed E-state index contributed by atoms with van der Waals surface area (Å²) in [6, 6.07) is 4.48. The van der Waals surface area contributed by atoms with Gasteiger partial charge in [-0.3, -0.25) is 15.2 Å². The van der Waals surface area contributed by atoms with Crippen molar-refractivity contribution in [1.29, 1.82) is 0 Å². The molecule has 1 atom stereocenters. The number of aromatic nitrogens is 3. The fourth-order valence-electron chi connectivity index (χ4n) is 3.55. The highest BCUT2D eigenvalue weighted by Crippen LogP contribution is 2.35. The molecule has 3 heterocycles. The second-order valence-corrected chi connectivity index (χ2v) is 7.77. The highest BCUT2D eigenvalue weighted by molar-refractivity contribution is 5.97. The summed E-state index contributed by atoms with van der Waals surface area (Å²) < 4.78 is 55.7. The van der Waals surface area contributed by atoms with Crippen LogP contribution in [0.1, 0.15) is 10.4 Å². The number of pyridine rings is 1. The molecule has 0 spiro atoms. The smallest absolute Gasteiger partial charge is 0.409 e. The lowest BCUT2D eigenvalue weighted by molar-refractivity contribution is -0.142. The van der Waals surface area contributed by atoms with Crippen molar-refractivity contribution in [1.82, 2.24) is 25.8 Å². The number of hydrazine groups is 2. The quantitative estimate of drug-likeness (QED) is 0.193. The number of nitrogen functional groups attached to an aromatic ring is 1. The first-order valence-corrected chi connectivity index (χ1v) is 10.9. The lowest BCUT2D eigenvalue weighted by Crippen LogP contribution is -2.44. The molecule has 0 fully saturated rings. The number of hydrogen-bond donors (Lipinski definition) is 4. The van der Waals surface area contributed by atoms with Crippen LogP contribution in [0.4, 0.5) is 30.6 Å². The van der Waals surface area contributed by atoms with Gasteiger partial charge in [0, 0.05) is 53.6 Å². The standard InChI is InChI=1S/C23H23F3N8O4/c1-36-14-7-13(8-15(9-14)37-2)30-22-29-11-17(12-6-16(20(35)32-27)21(38-3)28-10-12)19(31-22)34-5-4-18(33-34)23(24,25)26/h4-11,18,33H,27H2,1-3H3,(H,32,35)(H,29,30,31). The number of carbonyl (C=O) groups is 1. The average molecular weight is 532 g/mol. The molecule has 0 saturated heterocycles. The van der Waals surface area contributed by atoms with Crippen LogP contribution in [0, 0.1) is 0 Å². The normalized spacial score (nSPS) is 14.8. The number of carbonyl (C=O) groups excluding carboxylic acids is 1.